The normalized spacial score (nSPS) is 19.8. The molecule has 0 radical (unpaired) electrons. The highest BCUT2D eigenvalue weighted by molar-refractivity contribution is 5.82. The van der Waals surface area contributed by atoms with E-state index >= 15 is 0 Å². The van der Waals surface area contributed by atoms with Gasteiger partial charge < -0.3 is 24.6 Å². The molecule has 0 aliphatic carbocycles. The number of nitrogens with one attached hydrogen (secondary N) is 1. The average Bonchev–Trinajstić information content (AvgIpc) is 3.06. The van der Waals surface area contributed by atoms with Gasteiger partial charge in [0.15, 0.2) is 5.96 Å². The number of hydrogen-bond donors (Lipinski definition) is 1. The molecule has 1 heterocycles. The number of likely N-dealkylation sites (tertiary alicyclic amines) is 1. The van der Waals surface area contributed by atoms with Crippen LogP contribution in [-0.4, -0.2) is 75.7 Å². The number of ether oxygens (including phenoxy) is 2. The molecule has 2 unspecified atom stereocenters. The number of carbonyl (C=O) groups excluding carboxylic acids is 1. The van der Waals surface area contributed by atoms with Crippen molar-refractivity contribution in [2.75, 3.05) is 54.0 Å². The highest BCUT2D eigenvalue weighted by Gasteiger charge is 2.36. The Morgan fingerprint density at radius 2 is 2.14 bits per heavy atom. The molecule has 7 nitrogen and oxygen atoms in total. The van der Waals surface area contributed by atoms with Gasteiger partial charge in [-0.15, -0.1) is 0 Å². The molecule has 156 valence electrons. The molecule has 0 saturated carbocycles. The summed E-state index contributed by atoms with van der Waals surface area (Å²) in [5.74, 6) is 1.68. The molecule has 0 bridgehead atoms. The molecular formula is C21H34N4O3. The van der Waals surface area contributed by atoms with Crippen LogP contribution in [-0.2, 0) is 16.1 Å². The zero-order valence-electron chi connectivity index (χ0n) is 17.8. The minimum absolute atomic E-state index is 0.109. The fourth-order valence-electron chi connectivity index (χ4n) is 3.27. The van der Waals surface area contributed by atoms with Crippen LogP contribution in [0.3, 0.4) is 0 Å². The molecular weight excluding hydrogens is 356 g/mol. The van der Waals surface area contributed by atoms with Crippen molar-refractivity contribution in [2.45, 2.75) is 20.4 Å². The molecule has 2 atom stereocenters. The minimum atomic E-state index is -0.145. The second-order valence-corrected chi connectivity index (χ2v) is 7.48. The fourth-order valence-corrected chi connectivity index (χ4v) is 3.27. The molecule has 0 spiro atoms. The Labute approximate surface area is 168 Å². The Morgan fingerprint density at radius 1 is 1.36 bits per heavy atom. The lowest BCUT2D eigenvalue weighted by Gasteiger charge is -2.21. The zero-order valence-corrected chi connectivity index (χ0v) is 17.8. The van der Waals surface area contributed by atoms with E-state index in [2.05, 4.69) is 28.1 Å². The number of likely N-dealkylation sites (N-methyl/N-ethyl adjacent to an activating group) is 1. The van der Waals surface area contributed by atoms with Gasteiger partial charge in [0.1, 0.15) is 12.4 Å². The Kier molecular flexibility index (Phi) is 8.57. The predicted molar refractivity (Wildman–Crippen MR) is 112 cm³/mol. The van der Waals surface area contributed by atoms with Gasteiger partial charge in [-0.1, -0.05) is 19.1 Å². The van der Waals surface area contributed by atoms with Gasteiger partial charge in [0.2, 0.25) is 0 Å². The fraction of sp³-hybridized carbons (Fsp3) is 0.619. The SMILES string of the molecule is CCNC(=NCc1cccc(OCCN(C)C)c1)N1CC(C)C(C(=O)OC)C1. The van der Waals surface area contributed by atoms with Crippen molar-refractivity contribution in [1.82, 2.24) is 15.1 Å². The van der Waals surface area contributed by atoms with Gasteiger partial charge in [0.25, 0.3) is 0 Å². The van der Waals surface area contributed by atoms with Crippen molar-refractivity contribution in [2.24, 2.45) is 16.8 Å². The number of hydrogen-bond acceptors (Lipinski definition) is 5. The van der Waals surface area contributed by atoms with Crippen LogP contribution in [0.15, 0.2) is 29.3 Å². The van der Waals surface area contributed by atoms with Gasteiger partial charge in [0.05, 0.1) is 19.6 Å². The van der Waals surface area contributed by atoms with Crippen molar-refractivity contribution in [1.29, 1.82) is 0 Å². The van der Waals surface area contributed by atoms with E-state index in [1.165, 1.54) is 7.11 Å². The summed E-state index contributed by atoms with van der Waals surface area (Å²) in [6, 6.07) is 8.05. The number of guanidine groups is 1. The Morgan fingerprint density at radius 3 is 2.82 bits per heavy atom. The van der Waals surface area contributed by atoms with Crippen LogP contribution in [0.4, 0.5) is 0 Å². The number of aliphatic imine (C=N–C) groups is 1. The van der Waals surface area contributed by atoms with E-state index < -0.39 is 0 Å². The summed E-state index contributed by atoms with van der Waals surface area (Å²) in [4.78, 5) is 21.0. The van der Waals surface area contributed by atoms with Gasteiger partial charge in [-0.05, 0) is 44.6 Å². The maximum Gasteiger partial charge on any atom is 0.310 e. The lowest BCUT2D eigenvalue weighted by molar-refractivity contribution is -0.145. The van der Waals surface area contributed by atoms with Gasteiger partial charge >= 0.3 is 5.97 Å². The van der Waals surface area contributed by atoms with E-state index in [1.807, 2.05) is 39.2 Å². The van der Waals surface area contributed by atoms with Crippen LogP contribution < -0.4 is 10.1 Å². The van der Waals surface area contributed by atoms with E-state index in [-0.39, 0.29) is 17.8 Å². The first-order valence-corrected chi connectivity index (χ1v) is 9.92. The van der Waals surface area contributed by atoms with Crippen LogP contribution in [0.2, 0.25) is 0 Å². The Hall–Kier alpha value is -2.28. The Balaban J connectivity index is 2.02. The summed E-state index contributed by atoms with van der Waals surface area (Å²) in [7, 11) is 5.51. The molecule has 1 N–H and O–H groups in total. The predicted octanol–water partition coefficient (Wildman–Crippen LogP) is 1.83. The molecule has 28 heavy (non-hydrogen) atoms. The molecule has 2 rings (SSSR count). The second-order valence-electron chi connectivity index (χ2n) is 7.48. The number of rotatable bonds is 8. The summed E-state index contributed by atoms with van der Waals surface area (Å²) in [5, 5.41) is 3.34. The highest BCUT2D eigenvalue weighted by atomic mass is 16.5. The van der Waals surface area contributed by atoms with Crippen LogP contribution in [0, 0.1) is 11.8 Å². The molecule has 0 amide bonds. The van der Waals surface area contributed by atoms with Gasteiger partial charge in [0, 0.05) is 26.2 Å². The molecule has 1 aromatic rings. The number of methoxy groups -OCH3 is 1. The first kappa shape index (κ1) is 22.0. The summed E-state index contributed by atoms with van der Waals surface area (Å²) < 4.78 is 10.8. The molecule has 1 saturated heterocycles. The van der Waals surface area contributed by atoms with Crippen molar-refractivity contribution in [3.8, 4) is 5.75 Å². The number of esters is 1. The average molecular weight is 391 g/mol. The van der Waals surface area contributed by atoms with Gasteiger partial charge in [-0.3, -0.25) is 4.79 Å². The van der Waals surface area contributed by atoms with Crippen molar-refractivity contribution < 1.29 is 14.3 Å². The van der Waals surface area contributed by atoms with E-state index in [1.54, 1.807) is 0 Å². The summed E-state index contributed by atoms with van der Waals surface area (Å²) in [6.45, 7) is 8.42. The summed E-state index contributed by atoms with van der Waals surface area (Å²) >= 11 is 0. The third kappa shape index (κ3) is 6.41. The topological polar surface area (TPSA) is 66.4 Å². The summed E-state index contributed by atoms with van der Waals surface area (Å²) in [5.41, 5.74) is 1.09. The van der Waals surface area contributed by atoms with Gasteiger partial charge in [-0.2, -0.15) is 0 Å². The third-order valence-corrected chi connectivity index (χ3v) is 4.87. The largest absolute Gasteiger partial charge is 0.492 e. The quantitative estimate of drug-likeness (QED) is 0.415. The van der Waals surface area contributed by atoms with Crippen molar-refractivity contribution in [3.63, 3.8) is 0 Å². The zero-order chi connectivity index (χ0) is 20.5. The van der Waals surface area contributed by atoms with Crippen LogP contribution in [0.5, 0.6) is 5.75 Å². The number of benzene rings is 1. The Bertz CT molecular complexity index is 663. The first-order chi connectivity index (χ1) is 13.4. The molecule has 7 heteroatoms. The van der Waals surface area contributed by atoms with E-state index in [4.69, 9.17) is 14.5 Å². The molecule has 1 fully saturated rings. The van der Waals surface area contributed by atoms with Gasteiger partial charge in [-0.25, -0.2) is 4.99 Å². The minimum Gasteiger partial charge on any atom is -0.492 e. The monoisotopic (exact) mass is 390 g/mol. The second kappa shape index (κ2) is 10.9. The van der Waals surface area contributed by atoms with E-state index in [0.29, 0.717) is 19.7 Å². The van der Waals surface area contributed by atoms with Crippen LogP contribution >= 0.6 is 0 Å². The maximum atomic E-state index is 12.0. The van der Waals surface area contributed by atoms with E-state index in [9.17, 15) is 4.79 Å². The number of nitrogens with zero attached hydrogens (tertiary/aromatic N) is 3. The molecule has 0 aromatic heterocycles. The smallest absolute Gasteiger partial charge is 0.310 e. The maximum absolute atomic E-state index is 12.0. The lowest BCUT2D eigenvalue weighted by atomic mass is 9.99. The molecule has 1 aliphatic rings. The van der Waals surface area contributed by atoms with E-state index in [0.717, 1.165) is 36.9 Å². The van der Waals surface area contributed by atoms with Crippen LogP contribution in [0.25, 0.3) is 0 Å². The highest BCUT2D eigenvalue weighted by Crippen LogP contribution is 2.24. The molecule has 1 aromatic carbocycles. The third-order valence-electron chi connectivity index (χ3n) is 4.87. The number of carbonyl (C=O) groups is 1. The lowest BCUT2D eigenvalue weighted by Crippen LogP contribution is -2.40. The standard InChI is InChI=1S/C21H34N4O3/c1-6-22-21(25-14-16(2)19(15-25)20(26)27-5)23-13-17-8-7-9-18(12-17)28-11-10-24(3)4/h7-9,12,16,19H,6,10-11,13-15H2,1-5H3,(H,22,23). The summed E-state index contributed by atoms with van der Waals surface area (Å²) in [6.07, 6.45) is 0. The first-order valence-electron chi connectivity index (χ1n) is 9.92. The van der Waals surface area contributed by atoms with Crippen LogP contribution in [0.1, 0.15) is 19.4 Å². The van der Waals surface area contributed by atoms with Crippen molar-refractivity contribution >= 4 is 11.9 Å². The molecule has 1 aliphatic heterocycles. The van der Waals surface area contributed by atoms with Crippen molar-refractivity contribution in [3.05, 3.63) is 29.8 Å².